The fraction of sp³-hybridized carbons (Fsp3) is 0.308. The van der Waals surface area contributed by atoms with Gasteiger partial charge in [-0.1, -0.05) is 43.3 Å². The molecule has 0 fully saturated rings. The fourth-order valence-electron chi connectivity index (χ4n) is 1.49. The van der Waals surface area contributed by atoms with Gasteiger partial charge in [0.05, 0.1) is 0 Å². The van der Waals surface area contributed by atoms with Crippen molar-refractivity contribution in [2.45, 2.75) is 26.4 Å². The van der Waals surface area contributed by atoms with Crippen LogP contribution in [0.5, 0.6) is 0 Å². The van der Waals surface area contributed by atoms with E-state index in [4.69, 9.17) is 0 Å². The van der Waals surface area contributed by atoms with Gasteiger partial charge in [0.2, 0.25) is 0 Å². The number of aliphatic hydroxyl groups is 1. The Kier molecular flexibility index (Phi) is 4.25. The Labute approximate surface area is 90.3 Å². The highest BCUT2D eigenvalue weighted by Gasteiger charge is 2.17. The molecule has 2 heteroatoms. The van der Waals surface area contributed by atoms with Gasteiger partial charge in [-0.25, -0.2) is 0 Å². The van der Waals surface area contributed by atoms with Crippen molar-refractivity contribution in [1.29, 1.82) is 0 Å². The third-order valence-electron chi connectivity index (χ3n) is 2.36. The molecule has 0 saturated carbocycles. The number of hydrogen-bond acceptors (Lipinski definition) is 2. The first-order valence-corrected chi connectivity index (χ1v) is 5.13. The minimum Gasteiger partial charge on any atom is -0.384 e. The summed E-state index contributed by atoms with van der Waals surface area (Å²) in [6.07, 6.45) is 1.30. The maximum absolute atomic E-state index is 11.5. The van der Waals surface area contributed by atoms with Crippen LogP contribution in [0.3, 0.4) is 0 Å². The Bertz CT molecular complexity index is 352. The van der Waals surface area contributed by atoms with Crippen molar-refractivity contribution in [2.24, 2.45) is 0 Å². The highest BCUT2D eigenvalue weighted by atomic mass is 16.3. The molecule has 1 unspecified atom stereocenters. The van der Waals surface area contributed by atoms with E-state index in [1.165, 1.54) is 0 Å². The van der Waals surface area contributed by atoms with Crippen LogP contribution in [0.15, 0.2) is 42.0 Å². The van der Waals surface area contributed by atoms with Crippen molar-refractivity contribution in [3.63, 3.8) is 0 Å². The standard InChI is InChI=1S/C13H16O2/c1-3-11(12(14)4-2)13(15)10-8-6-5-7-9-10/h3,5-9,13,15H,4H2,1-2H3. The van der Waals surface area contributed by atoms with Crippen LogP contribution in [0.25, 0.3) is 0 Å². The van der Waals surface area contributed by atoms with Gasteiger partial charge in [-0.2, -0.15) is 0 Å². The summed E-state index contributed by atoms with van der Waals surface area (Å²) >= 11 is 0. The van der Waals surface area contributed by atoms with Crippen LogP contribution >= 0.6 is 0 Å². The number of allylic oxidation sites excluding steroid dienone is 1. The highest BCUT2D eigenvalue weighted by Crippen LogP contribution is 2.22. The van der Waals surface area contributed by atoms with Gasteiger partial charge in [-0.05, 0) is 12.5 Å². The largest absolute Gasteiger partial charge is 0.384 e. The molecule has 0 spiro atoms. The first-order valence-electron chi connectivity index (χ1n) is 5.13. The van der Waals surface area contributed by atoms with E-state index in [-0.39, 0.29) is 5.78 Å². The van der Waals surface area contributed by atoms with E-state index < -0.39 is 6.10 Å². The highest BCUT2D eigenvalue weighted by molar-refractivity contribution is 5.96. The van der Waals surface area contributed by atoms with Crippen molar-refractivity contribution in [3.05, 3.63) is 47.5 Å². The lowest BCUT2D eigenvalue weighted by Crippen LogP contribution is -2.10. The van der Waals surface area contributed by atoms with Crippen LogP contribution in [-0.4, -0.2) is 10.9 Å². The van der Waals surface area contributed by atoms with E-state index in [0.717, 1.165) is 5.56 Å². The summed E-state index contributed by atoms with van der Waals surface area (Å²) < 4.78 is 0. The van der Waals surface area contributed by atoms with Crippen molar-refractivity contribution >= 4 is 5.78 Å². The van der Waals surface area contributed by atoms with Crippen molar-refractivity contribution < 1.29 is 9.90 Å². The van der Waals surface area contributed by atoms with E-state index in [0.29, 0.717) is 12.0 Å². The quantitative estimate of drug-likeness (QED) is 0.765. The minimum absolute atomic E-state index is 0.00569. The van der Waals surface area contributed by atoms with Crippen molar-refractivity contribution in [1.82, 2.24) is 0 Å². The molecule has 1 N–H and O–H groups in total. The maximum Gasteiger partial charge on any atom is 0.161 e. The number of rotatable bonds is 4. The first-order chi connectivity index (χ1) is 7.20. The Balaban J connectivity index is 2.93. The zero-order valence-electron chi connectivity index (χ0n) is 9.10. The van der Waals surface area contributed by atoms with Gasteiger partial charge in [0, 0.05) is 12.0 Å². The molecular weight excluding hydrogens is 188 g/mol. The smallest absolute Gasteiger partial charge is 0.161 e. The predicted molar refractivity (Wildman–Crippen MR) is 60.5 cm³/mol. The molecule has 15 heavy (non-hydrogen) atoms. The number of carbonyl (C=O) groups is 1. The molecule has 0 amide bonds. The van der Waals surface area contributed by atoms with Gasteiger partial charge in [-0.15, -0.1) is 0 Å². The topological polar surface area (TPSA) is 37.3 Å². The molecule has 0 radical (unpaired) electrons. The van der Waals surface area contributed by atoms with Crippen LogP contribution < -0.4 is 0 Å². The molecule has 1 aromatic carbocycles. The average Bonchev–Trinajstić information content (AvgIpc) is 2.30. The van der Waals surface area contributed by atoms with E-state index in [1.54, 1.807) is 19.9 Å². The number of Topliss-reactive ketones (excluding diaryl/α,β-unsaturated/α-hetero) is 1. The van der Waals surface area contributed by atoms with Gasteiger partial charge >= 0.3 is 0 Å². The molecule has 0 bridgehead atoms. The van der Waals surface area contributed by atoms with Crippen LogP contribution in [0, 0.1) is 0 Å². The zero-order chi connectivity index (χ0) is 11.3. The molecule has 80 valence electrons. The predicted octanol–water partition coefficient (Wildman–Crippen LogP) is 2.65. The van der Waals surface area contributed by atoms with E-state index >= 15 is 0 Å². The first kappa shape index (κ1) is 11.7. The lowest BCUT2D eigenvalue weighted by Gasteiger charge is -2.13. The summed E-state index contributed by atoms with van der Waals surface area (Å²) in [5.41, 5.74) is 1.23. The minimum atomic E-state index is -0.802. The van der Waals surface area contributed by atoms with Gasteiger partial charge in [0.25, 0.3) is 0 Å². The van der Waals surface area contributed by atoms with Crippen molar-refractivity contribution in [2.75, 3.05) is 0 Å². The SMILES string of the molecule is CC=C(C(=O)CC)C(O)c1ccccc1. The van der Waals surface area contributed by atoms with Crippen LogP contribution in [-0.2, 0) is 4.79 Å². The summed E-state index contributed by atoms with van der Waals surface area (Å²) in [7, 11) is 0. The second-order valence-corrected chi connectivity index (χ2v) is 3.33. The molecule has 1 atom stereocenters. The lowest BCUT2D eigenvalue weighted by molar-refractivity contribution is -0.116. The fourth-order valence-corrected chi connectivity index (χ4v) is 1.49. The lowest BCUT2D eigenvalue weighted by atomic mass is 9.97. The number of benzene rings is 1. The molecule has 0 aliphatic heterocycles. The molecule has 0 aliphatic carbocycles. The summed E-state index contributed by atoms with van der Waals surface area (Å²) in [6, 6.07) is 9.21. The van der Waals surface area contributed by atoms with Gasteiger partial charge in [0.15, 0.2) is 5.78 Å². The molecule has 0 heterocycles. The molecular formula is C13H16O2. The molecule has 1 aromatic rings. The second kappa shape index (κ2) is 5.47. The summed E-state index contributed by atoms with van der Waals surface area (Å²) in [5, 5.41) is 9.99. The van der Waals surface area contributed by atoms with Crippen LogP contribution in [0.4, 0.5) is 0 Å². The van der Waals surface area contributed by atoms with Crippen LogP contribution in [0.1, 0.15) is 31.9 Å². The number of ketones is 1. The third kappa shape index (κ3) is 2.77. The number of aliphatic hydroxyl groups excluding tert-OH is 1. The average molecular weight is 204 g/mol. The normalized spacial score (nSPS) is 13.7. The number of hydrogen-bond donors (Lipinski definition) is 1. The molecule has 0 saturated heterocycles. The van der Waals surface area contributed by atoms with Gasteiger partial charge in [-0.3, -0.25) is 4.79 Å². The Morgan fingerprint density at radius 3 is 2.47 bits per heavy atom. The number of carbonyl (C=O) groups excluding carboxylic acids is 1. The molecule has 0 aromatic heterocycles. The molecule has 2 nitrogen and oxygen atoms in total. The molecule has 0 aliphatic rings. The maximum atomic E-state index is 11.5. The zero-order valence-corrected chi connectivity index (χ0v) is 9.10. The monoisotopic (exact) mass is 204 g/mol. The summed E-state index contributed by atoms with van der Waals surface area (Å²) in [4.78, 5) is 11.5. The van der Waals surface area contributed by atoms with E-state index in [1.807, 2.05) is 30.3 Å². The molecule has 1 rings (SSSR count). The van der Waals surface area contributed by atoms with Gasteiger partial charge in [0.1, 0.15) is 6.10 Å². The van der Waals surface area contributed by atoms with Crippen molar-refractivity contribution in [3.8, 4) is 0 Å². The second-order valence-electron chi connectivity index (χ2n) is 3.33. The summed E-state index contributed by atoms with van der Waals surface area (Å²) in [6.45, 7) is 3.57. The van der Waals surface area contributed by atoms with E-state index in [2.05, 4.69) is 0 Å². The van der Waals surface area contributed by atoms with Crippen LogP contribution in [0.2, 0.25) is 0 Å². The Hall–Kier alpha value is -1.41. The van der Waals surface area contributed by atoms with Gasteiger partial charge < -0.3 is 5.11 Å². The third-order valence-corrected chi connectivity index (χ3v) is 2.36. The Morgan fingerprint density at radius 2 is 2.00 bits per heavy atom. The Morgan fingerprint density at radius 1 is 1.40 bits per heavy atom. The summed E-state index contributed by atoms with van der Waals surface area (Å²) in [5.74, 6) is -0.00569. The van der Waals surface area contributed by atoms with E-state index in [9.17, 15) is 9.90 Å².